The molecule has 0 unspecified atom stereocenters. The Hall–Kier alpha value is -3.46. The van der Waals surface area contributed by atoms with Crippen LogP contribution in [-0.4, -0.2) is 40.0 Å². The summed E-state index contributed by atoms with van der Waals surface area (Å²) < 4.78 is 14.2. The molecule has 0 saturated heterocycles. The van der Waals surface area contributed by atoms with Crippen LogP contribution in [0.4, 0.5) is 5.69 Å². The van der Waals surface area contributed by atoms with Crippen molar-refractivity contribution in [3.8, 4) is 11.5 Å². The summed E-state index contributed by atoms with van der Waals surface area (Å²) in [5.41, 5.74) is 3.51. The van der Waals surface area contributed by atoms with Crippen molar-refractivity contribution in [2.75, 3.05) is 25.3 Å². The van der Waals surface area contributed by atoms with E-state index >= 15 is 0 Å². The van der Waals surface area contributed by atoms with Crippen molar-refractivity contribution in [2.24, 2.45) is 7.05 Å². The number of carbonyl (C=O) groups excluding carboxylic acids is 1. The fraction of sp³-hybridized carbons (Fsp3) is 0.292. The third kappa shape index (κ3) is 4.16. The SMILES string of the molecule is CCn1c(SCC(=O)Nc2cc(C)ccc2OC)nc2c3cc(OC)ccc3n(C)c2c1=O. The molecule has 0 spiro atoms. The first kappa shape index (κ1) is 22.7. The number of thioether (sulfide) groups is 1. The van der Waals surface area contributed by atoms with E-state index in [-0.39, 0.29) is 17.2 Å². The lowest BCUT2D eigenvalue weighted by Gasteiger charge is -2.12. The molecule has 0 bridgehead atoms. The number of rotatable bonds is 7. The van der Waals surface area contributed by atoms with Gasteiger partial charge < -0.3 is 19.4 Å². The zero-order valence-corrected chi connectivity index (χ0v) is 20.1. The molecular formula is C24H26N4O4S. The molecule has 172 valence electrons. The van der Waals surface area contributed by atoms with Crippen LogP contribution in [0.5, 0.6) is 11.5 Å². The van der Waals surface area contributed by atoms with E-state index in [1.807, 2.05) is 61.9 Å². The number of nitrogens with zero attached hydrogens (tertiary/aromatic N) is 3. The Morgan fingerprint density at radius 3 is 2.64 bits per heavy atom. The molecule has 33 heavy (non-hydrogen) atoms. The Kier molecular flexibility index (Phi) is 6.33. The summed E-state index contributed by atoms with van der Waals surface area (Å²) >= 11 is 1.23. The lowest BCUT2D eigenvalue weighted by Crippen LogP contribution is -2.24. The Morgan fingerprint density at radius 1 is 1.15 bits per heavy atom. The zero-order chi connectivity index (χ0) is 23.7. The van der Waals surface area contributed by atoms with Crippen LogP contribution in [0, 0.1) is 6.92 Å². The Bertz CT molecular complexity index is 1420. The molecule has 1 amide bonds. The van der Waals surface area contributed by atoms with Crippen molar-refractivity contribution >= 4 is 45.3 Å². The molecule has 0 aliphatic carbocycles. The van der Waals surface area contributed by atoms with E-state index in [0.29, 0.717) is 39.9 Å². The van der Waals surface area contributed by atoms with Gasteiger partial charge in [-0.2, -0.15) is 0 Å². The summed E-state index contributed by atoms with van der Waals surface area (Å²) in [6.07, 6.45) is 0. The van der Waals surface area contributed by atoms with Gasteiger partial charge in [0.2, 0.25) is 5.91 Å². The number of amides is 1. The maximum Gasteiger partial charge on any atom is 0.278 e. The first-order valence-corrected chi connectivity index (χ1v) is 11.5. The second-order valence-corrected chi connectivity index (χ2v) is 8.57. The molecule has 0 radical (unpaired) electrons. The van der Waals surface area contributed by atoms with E-state index in [9.17, 15) is 9.59 Å². The normalized spacial score (nSPS) is 11.2. The minimum atomic E-state index is -0.208. The molecule has 0 fully saturated rings. The number of methoxy groups -OCH3 is 2. The van der Waals surface area contributed by atoms with E-state index in [0.717, 1.165) is 16.5 Å². The van der Waals surface area contributed by atoms with Crippen LogP contribution in [0.2, 0.25) is 0 Å². The summed E-state index contributed by atoms with van der Waals surface area (Å²) in [6.45, 7) is 4.28. The summed E-state index contributed by atoms with van der Waals surface area (Å²) in [5.74, 6) is 1.18. The number of aromatic nitrogens is 3. The maximum atomic E-state index is 13.3. The van der Waals surface area contributed by atoms with Gasteiger partial charge in [-0.1, -0.05) is 17.8 Å². The summed E-state index contributed by atoms with van der Waals surface area (Å²) in [7, 11) is 5.02. The van der Waals surface area contributed by atoms with Crippen molar-refractivity contribution in [2.45, 2.75) is 25.5 Å². The number of carbonyl (C=O) groups is 1. The fourth-order valence-electron chi connectivity index (χ4n) is 3.88. The number of nitrogens with one attached hydrogen (secondary N) is 1. The van der Waals surface area contributed by atoms with Crippen molar-refractivity contribution < 1.29 is 14.3 Å². The number of ether oxygens (including phenoxy) is 2. The molecule has 9 heteroatoms. The predicted octanol–water partition coefficient (Wildman–Crippen LogP) is 3.96. The Morgan fingerprint density at radius 2 is 1.94 bits per heavy atom. The van der Waals surface area contributed by atoms with E-state index in [1.165, 1.54) is 11.8 Å². The number of benzene rings is 2. The van der Waals surface area contributed by atoms with Gasteiger partial charge in [-0.3, -0.25) is 14.2 Å². The summed E-state index contributed by atoms with van der Waals surface area (Å²) in [5, 5.41) is 4.22. The van der Waals surface area contributed by atoms with Crippen LogP contribution in [0.3, 0.4) is 0 Å². The number of fused-ring (bicyclic) bond motifs is 3. The van der Waals surface area contributed by atoms with Crippen molar-refractivity contribution in [1.82, 2.24) is 14.1 Å². The highest BCUT2D eigenvalue weighted by atomic mass is 32.2. The number of hydrogen-bond donors (Lipinski definition) is 1. The summed E-state index contributed by atoms with van der Waals surface area (Å²) in [4.78, 5) is 30.8. The zero-order valence-electron chi connectivity index (χ0n) is 19.3. The monoisotopic (exact) mass is 466 g/mol. The van der Waals surface area contributed by atoms with Crippen LogP contribution in [0.15, 0.2) is 46.3 Å². The molecule has 0 atom stereocenters. The van der Waals surface area contributed by atoms with Crippen molar-refractivity contribution in [3.05, 3.63) is 52.3 Å². The third-order valence-corrected chi connectivity index (χ3v) is 6.52. The molecule has 1 N–H and O–H groups in total. The molecule has 2 heterocycles. The average molecular weight is 467 g/mol. The first-order valence-electron chi connectivity index (χ1n) is 10.5. The van der Waals surface area contributed by atoms with Crippen LogP contribution in [0.25, 0.3) is 21.9 Å². The molecule has 2 aromatic heterocycles. The second-order valence-electron chi connectivity index (χ2n) is 7.62. The van der Waals surface area contributed by atoms with Crippen molar-refractivity contribution in [3.63, 3.8) is 0 Å². The first-order chi connectivity index (χ1) is 15.9. The standard InChI is InChI=1S/C24H26N4O4S/c1-6-28-23(30)22-21(16-12-15(31-4)8-9-18(16)27(22)3)26-24(28)33-13-20(29)25-17-11-14(2)7-10-19(17)32-5/h7-12H,6,13H2,1-5H3,(H,25,29). The molecule has 0 aliphatic heterocycles. The van der Waals surface area contributed by atoms with Gasteiger partial charge in [0.05, 0.1) is 31.2 Å². The molecule has 2 aromatic carbocycles. The third-order valence-electron chi connectivity index (χ3n) is 5.54. The lowest BCUT2D eigenvalue weighted by atomic mass is 10.2. The topological polar surface area (TPSA) is 87.4 Å². The highest BCUT2D eigenvalue weighted by Gasteiger charge is 2.19. The van der Waals surface area contributed by atoms with Crippen LogP contribution in [0.1, 0.15) is 12.5 Å². The Balaban J connectivity index is 1.69. The quantitative estimate of drug-likeness (QED) is 0.328. The van der Waals surface area contributed by atoms with Gasteiger partial charge in [0.25, 0.3) is 5.56 Å². The highest BCUT2D eigenvalue weighted by Crippen LogP contribution is 2.30. The molecule has 0 saturated carbocycles. The molecule has 8 nitrogen and oxygen atoms in total. The predicted molar refractivity (Wildman–Crippen MR) is 132 cm³/mol. The summed E-state index contributed by atoms with van der Waals surface area (Å²) in [6, 6.07) is 11.3. The highest BCUT2D eigenvalue weighted by molar-refractivity contribution is 7.99. The fourth-order valence-corrected chi connectivity index (χ4v) is 4.74. The smallest absolute Gasteiger partial charge is 0.278 e. The largest absolute Gasteiger partial charge is 0.497 e. The van der Waals surface area contributed by atoms with Gasteiger partial charge in [-0.25, -0.2) is 4.98 Å². The van der Waals surface area contributed by atoms with Gasteiger partial charge in [0.1, 0.15) is 22.5 Å². The van der Waals surface area contributed by atoms with Gasteiger partial charge in [-0.05, 0) is 49.7 Å². The molecule has 4 aromatic rings. The van der Waals surface area contributed by atoms with Gasteiger partial charge in [-0.15, -0.1) is 0 Å². The van der Waals surface area contributed by atoms with E-state index in [1.54, 1.807) is 18.8 Å². The van der Waals surface area contributed by atoms with Crippen molar-refractivity contribution in [1.29, 1.82) is 0 Å². The van der Waals surface area contributed by atoms with E-state index in [4.69, 9.17) is 14.5 Å². The van der Waals surface area contributed by atoms with Gasteiger partial charge >= 0.3 is 0 Å². The lowest BCUT2D eigenvalue weighted by molar-refractivity contribution is -0.113. The van der Waals surface area contributed by atoms with Crippen LogP contribution < -0.4 is 20.3 Å². The second kappa shape index (κ2) is 9.19. The van der Waals surface area contributed by atoms with Gasteiger partial charge in [0.15, 0.2) is 5.16 Å². The minimum Gasteiger partial charge on any atom is -0.497 e. The van der Waals surface area contributed by atoms with Crippen LogP contribution >= 0.6 is 11.8 Å². The molecule has 4 rings (SSSR count). The molecule has 0 aliphatic rings. The van der Waals surface area contributed by atoms with Crippen LogP contribution in [-0.2, 0) is 18.4 Å². The average Bonchev–Trinajstić information content (AvgIpc) is 3.09. The number of hydrogen-bond acceptors (Lipinski definition) is 6. The number of aryl methyl sites for hydroxylation is 2. The maximum absolute atomic E-state index is 13.3. The Labute approximate surface area is 195 Å². The van der Waals surface area contributed by atoms with Gasteiger partial charge in [0, 0.05) is 19.0 Å². The number of anilines is 1. The minimum absolute atomic E-state index is 0.100. The molecular weight excluding hydrogens is 440 g/mol. The van der Waals surface area contributed by atoms with E-state index < -0.39 is 0 Å². The van der Waals surface area contributed by atoms with E-state index in [2.05, 4.69) is 5.32 Å².